The minimum atomic E-state index is -0.594. The third-order valence-electron chi connectivity index (χ3n) is 3.30. The number of methoxy groups -OCH3 is 2. The molecule has 0 atom stereocenters. The number of benzene rings is 2. The lowest BCUT2D eigenvalue weighted by Gasteiger charge is -2.15. The third kappa shape index (κ3) is 4.11. The molecule has 24 heavy (non-hydrogen) atoms. The Balaban J connectivity index is 2.42. The van der Waals surface area contributed by atoms with Crippen LogP contribution in [0.1, 0.15) is 26.3 Å². The van der Waals surface area contributed by atoms with Gasteiger partial charge in [0.25, 0.3) is 0 Å². The van der Waals surface area contributed by atoms with Gasteiger partial charge in [0.15, 0.2) is 0 Å². The average molecular weight is 396 g/mol. The van der Waals surface area contributed by atoms with Gasteiger partial charge in [-0.3, -0.25) is 0 Å². The lowest BCUT2D eigenvalue weighted by Crippen LogP contribution is -2.14. The molecule has 0 saturated carbocycles. The molecule has 7 heteroatoms. The maximum Gasteiger partial charge on any atom is 0.340 e. The lowest BCUT2D eigenvalue weighted by atomic mass is 10.1. The van der Waals surface area contributed by atoms with Crippen molar-refractivity contribution in [3.8, 4) is 0 Å². The number of anilines is 1. The van der Waals surface area contributed by atoms with Crippen molar-refractivity contribution < 1.29 is 23.5 Å². The maximum atomic E-state index is 13.0. The molecule has 0 aliphatic carbocycles. The topological polar surface area (TPSA) is 64.6 Å². The minimum Gasteiger partial charge on any atom is -0.465 e. The fourth-order valence-corrected chi connectivity index (χ4v) is 2.59. The number of nitrogens with one attached hydrogen (secondary N) is 1. The second kappa shape index (κ2) is 7.92. The van der Waals surface area contributed by atoms with E-state index in [1.165, 1.54) is 26.4 Å². The molecule has 0 radical (unpaired) electrons. The van der Waals surface area contributed by atoms with Gasteiger partial charge in [-0.05, 0) is 29.8 Å². The summed E-state index contributed by atoms with van der Waals surface area (Å²) in [4.78, 5) is 24.0. The molecule has 0 aliphatic heterocycles. The van der Waals surface area contributed by atoms with Crippen molar-refractivity contribution >= 4 is 33.6 Å². The molecule has 0 fully saturated rings. The van der Waals surface area contributed by atoms with Gasteiger partial charge in [0.2, 0.25) is 0 Å². The highest BCUT2D eigenvalue weighted by molar-refractivity contribution is 9.10. The first kappa shape index (κ1) is 17.9. The molecular formula is C17H15BrFNO4. The number of rotatable bonds is 5. The van der Waals surface area contributed by atoms with Crippen LogP contribution in [0.4, 0.5) is 10.1 Å². The Kier molecular flexibility index (Phi) is 5.92. The van der Waals surface area contributed by atoms with Crippen LogP contribution >= 0.6 is 15.9 Å². The van der Waals surface area contributed by atoms with E-state index < -0.39 is 11.9 Å². The normalized spacial score (nSPS) is 10.2. The number of ether oxygens (including phenoxy) is 2. The Hall–Kier alpha value is -2.41. The highest BCUT2D eigenvalue weighted by Gasteiger charge is 2.21. The Bertz CT molecular complexity index is 725. The highest BCUT2D eigenvalue weighted by atomic mass is 79.9. The summed E-state index contributed by atoms with van der Waals surface area (Å²) in [5, 5.41) is 3.03. The number of hydrogen-bond donors (Lipinski definition) is 1. The monoisotopic (exact) mass is 395 g/mol. The van der Waals surface area contributed by atoms with E-state index in [1.54, 1.807) is 24.3 Å². The predicted molar refractivity (Wildman–Crippen MR) is 90.5 cm³/mol. The molecule has 2 rings (SSSR count). The Morgan fingerprint density at radius 3 is 2.00 bits per heavy atom. The molecule has 0 aliphatic rings. The van der Waals surface area contributed by atoms with Crippen LogP contribution in [0.3, 0.4) is 0 Å². The highest BCUT2D eigenvalue weighted by Crippen LogP contribution is 2.28. The maximum absolute atomic E-state index is 13.0. The van der Waals surface area contributed by atoms with E-state index in [4.69, 9.17) is 9.47 Å². The van der Waals surface area contributed by atoms with Gasteiger partial charge in [-0.1, -0.05) is 28.1 Å². The van der Waals surface area contributed by atoms with Crippen LogP contribution in [-0.2, 0) is 16.0 Å². The molecule has 0 amide bonds. The van der Waals surface area contributed by atoms with Crippen molar-refractivity contribution in [2.24, 2.45) is 0 Å². The fraction of sp³-hybridized carbons (Fsp3) is 0.176. The van der Waals surface area contributed by atoms with Gasteiger partial charge in [0, 0.05) is 11.0 Å². The van der Waals surface area contributed by atoms with Gasteiger partial charge in [0.1, 0.15) is 5.82 Å². The van der Waals surface area contributed by atoms with E-state index >= 15 is 0 Å². The van der Waals surface area contributed by atoms with Crippen LogP contribution in [0, 0.1) is 5.82 Å². The molecule has 2 aromatic carbocycles. The van der Waals surface area contributed by atoms with E-state index in [-0.39, 0.29) is 23.5 Å². The van der Waals surface area contributed by atoms with E-state index in [0.717, 1.165) is 5.56 Å². The SMILES string of the molecule is COC(=O)c1cc(Br)cc(C(=O)OC)c1NCc1ccc(F)cc1. The first-order valence-corrected chi connectivity index (χ1v) is 7.74. The zero-order chi connectivity index (χ0) is 17.7. The minimum absolute atomic E-state index is 0.189. The molecule has 0 heterocycles. The number of esters is 2. The van der Waals surface area contributed by atoms with Gasteiger partial charge in [-0.15, -0.1) is 0 Å². The van der Waals surface area contributed by atoms with Crippen LogP contribution in [-0.4, -0.2) is 26.2 Å². The van der Waals surface area contributed by atoms with Crippen LogP contribution in [0.15, 0.2) is 40.9 Å². The molecular weight excluding hydrogens is 381 g/mol. The van der Waals surface area contributed by atoms with Crippen LogP contribution in [0.25, 0.3) is 0 Å². The predicted octanol–water partition coefficient (Wildman–Crippen LogP) is 3.77. The summed E-state index contributed by atoms with van der Waals surface area (Å²) in [6.45, 7) is 0.288. The Morgan fingerprint density at radius 1 is 1.04 bits per heavy atom. The molecule has 0 saturated heterocycles. The number of halogens is 2. The summed E-state index contributed by atoms with van der Waals surface area (Å²) in [7, 11) is 2.51. The third-order valence-corrected chi connectivity index (χ3v) is 3.75. The molecule has 0 unspecified atom stereocenters. The van der Waals surface area contributed by atoms with Crippen molar-refractivity contribution in [1.82, 2.24) is 0 Å². The average Bonchev–Trinajstić information content (AvgIpc) is 2.59. The van der Waals surface area contributed by atoms with Crippen LogP contribution < -0.4 is 5.32 Å². The number of carbonyl (C=O) groups is 2. The Labute approximate surface area is 146 Å². The molecule has 2 aromatic rings. The molecule has 0 bridgehead atoms. The van der Waals surface area contributed by atoms with Gasteiger partial charge in [-0.2, -0.15) is 0 Å². The first-order chi connectivity index (χ1) is 11.5. The number of carbonyl (C=O) groups excluding carboxylic acids is 2. The summed E-state index contributed by atoms with van der Waals surface area (Å²) in [5.74, 6) is -1.53. The summed E-state index contributed by atoms with van der Waals surface area (Å²) in [5.41, 5.74) is 1.45. The smallest absolute Gasteiger partial charge is 0.340 e. The first-order valence-electron chi connectivity index (χ1n) is 6.94. The fourth-order valence-electron chi connectivity index (χ4n) is 2.13. The quantitative estimate of drug-likeness (QED) is 0.780. The van der Waals surface area contributed by atoms with Gasteiger partial charge < -0.3 is 14.8 Å². The van der Waals surface area contributed by atoms with E-state index in [1.807, 2.05) is 0 Å². The second-order valence-electron chi connectivity index (χ2n) is 4.84. The lowest BCUT2D eigenvalue weighted by molar-refractivity contribution is 0.0601. The molecule has 0 aromatic heterocycles. The standard InChI is InChI=1S/C17H15BrFNO4/c1-23-16(21)13-7-11(18)8-14(17(22)24-2)15(13)20-9-10-3-5-12(19)6-4-10/h3-8,20H,9H2,1-2H3. The second-order valence-corrected chi connectivity index (χ2v) is 5.75. The zero-order valence-electron chi connectivity index (χ0n) is 13.1. The van der Waals surface area contributed by atoms with Gasteiger partial charge in [0.05, 0.1) is 31.0 Å². The summed E-state index contributed by atoms with van der Waals surface area (Å²) in [6, 6.07) is 8.98. The van der Waals surface area contributed by atoms with E-state index in [2.05, 4.69) is 21.2 Å². The summed E-state index contributed by atoms with van der Waals surface area (Å²) < 4.78 is 23.0. The van der Waals surface area contributed by atoms with Crippen molar-refractivity contribution in [2.45, 2.75) is 6.54 Å². The van der Waals surface area contributed by atoms with E-state index in [0.29, 0.717) is 10.2 Å². The van der Waals surface area contributed by atoms with Crippen molar-refractivity contribution in [1.29, 1.82) is 0 Å². The van der Waals surface area contributed by atoms with Crippen LogP contribution in [0.2, 0.25) is 0 Å². The number of hydrogen-bond acceptors (Lipinski definition) is 5. The van der Waals surface area contributed by atoms with Crippen LogP contribution in [0.5, 0.6) is 0 Å². The van der Waals surface area contributed by atoms with E-state index in [9.17, 15) is 14.0 Å². The van der Waals surface area contributed by atoms with Crippen molar-refractivity contribution in [2.75, 3.05) is 19.5 Å². The van der Waals surface area contributed by atoms with Crippen molar-refractivity contribution in [3.05, 3.63) is 63.4 Å². The Morgan fingerprint density at radius 2 is 1.54 bits per heavy atom. The molecule has 126 valence electrons. The largest absolute Gasteiger partial charge is 0.465 e. The van der Waals surface area contributed by atoms with Crippen molar-refractivity contribution in [3.63, 3.8) is 0 Å². The summed E-state index contributed by atoms with van der Waals surface area (Å²) in [6.07, 6.45) is 0. The van der Waals surface area contributed by atoms with Gasteiger partial charge in [-0.25, -0.2) is 14.0 Å². The zero-order valence-corrected chi connectivity index (χ0v) is 14.6. The molecule has 1 N–H and O–H groups in total. The molecule has 5 nitrogen and oxygen atoms in total. The van der Waals surface area contributed by atoms with Gasteiger partial charge >= 0.3 is 11.9 Å². The summed E-state index contributed by atoms with van der Waals surface area (Å²) >= 11 is 3.26. The molecule has 0 spiro atoms.